The van der Waals surface area contributed by atoms with Crippen LogP contribution in [0.2, 0.25) is 0 Å². The number of carboxylic acids is 1. The minimum Gasteiger partial charge on any atom is -0.477 e. The third kappa shape index (κ3) is 2.62. The molecule has 1 aliphatic heterocycles. The monoisotopic (exact) mass is 252 g/mol. The Kier molecular flexibility index (Phi) is 3.10. The number of carbonyl (C=O) groups is 3. The van der Waals surface area contributed by atoms with E-state index in [9.17, 15) is 14.4 Å². The zero-order valence-corrected chi connectivity index (χ0v) is 9.36. The minimum absolute atomic E-state index is 0.0836. The molecule has 0 radical (unpaired) electrons. The van der Waals surface area contributed by atoms with E-state index in [-0.39, 0.29) is 23.9 Å². The highest BCUT2D eigenvalue weighted by Crippen LogP contribution is 2.28. The van der Waals surface area contributed by atoms with Crippen LogP contribution in [0, 0.1) is 0 Å². The van der Waals surface area contributed by atoms with Crippen molar-refractivity contribution >= 4 is 29.5 Å². The summed E-state index contributed by atoms with van der Waals surface area (Å²) >= 11 is 1.16. The van der Waals surface area contributed by atoms with Gasteiger partial charge >= 0.3 is 5.97 Å². The summed E-state index contributed by atoms with van der Waals surface area (Å²) in [6.07, 6.45) is 1.48. The summed E-state index contributed by atoms with van der Waals surface area (Å²) < 4.78 is 0. The van der Waals surface area contributed by atoms with Gasteiger partial charge in [-0.15, -0.1) is 11.8 Å². The minimum atomic E-state index is -1.13. The predicted octanol–water partition coefficient (Wildman–Crippen LogP) is 0.287. The molecule has 2 amide bonds. The van der Waals surface area contributed by atoms with Crippen LogP contribution >= 0.6 is 11.8 Å². The molecule has 6 nitrogen and oxygen atoms in total. The number of rotatable bonds is 3. The fraction of sp³-hybridized carbons (Fsp3) is 0.200. The van der Waals surface area contributed by atoms with Gasteiger partial charge in [-0.3, -0.25) is 14.9 Å². The maximum absolute atomic E-state index is 11.3. The fourth-order valence-corrected chi connectivity index (χ4v) is 2.44. The molecule has 1 atom stereocenters. The maximum atomic E-state index is 11.3. The average molecular weight is 252 g/mol. The van der Waals surface area contributed by atoms with Gasteiger partial charge in [-0.25, -0.2) is 9.78 Å². The van der Waals surface area contributed by atoms with E-state index in [4.69, 9.17) is 5.11 Å². The number of aromatic nitrogens is 1. The van der Waals surface area contributed by atoms with Crippen LogP contribution in [0.3, 0.4) is 0 Å². The lowest BCUT2D eigenvalue weighted by Crippen LogP contribution is -2.23. The standard InChI is InChI=1S/C10H8N2O4S/c13-8-4-7(9(14)12-8)17-5-1-2-11-6(3-5)10(15)16/h1-3,7H,4H2,(H,15,16)(H,12,13,14). The molecule has 1 aromatic heterocycles. The second-order valence-electron chi connectivity index (χ2n) is 3.40. The van der Waals surface area contributed by atoms with E-state index in [1.54, 1.807) is 6.07 Å². The van der Waals surface area contributed by atoms with Crippen molar-refractivity contribution in [2.24, 2.45) is 0 Å². The molecule has 1 unspecified atom stereocenters. The lowest BCUT2D eigenvalue weighted by atomic mass is 10.3. The van der Waals surface area contributed by atoms with E-state index >= 15 is 0 Å². The summed E-state index contributed by atoms with van der Waals surface area (Å²) in [6.45, 7) is 0. The van der Waals surface area contributed by atoms with Gasteiger partial charge in [0.1, 0.15) is 5.69 Å². The van der Waals surface area contributed by atoms with Gasteiger partial charge < -0.3 is 5.11 Å². The van der Waals surface area contributed by atoms with Crippen LogP contribution in [0.4, 0.5) is 0 Å². The van der Waals surface area contributed by atoms with E-state index in [1.165, 1.54) is 12.3 Å². The van der Waals surface area contributed by atoms with E-state index in [0.29, 0.717) is 4.90 Å². The quantitative estimate of drug-likeness (QED) is 0.750. The van der Waals surface area contributed by atoms with Crippen molar-refractivity contribution in [3.63, 3.8) is 0 Å². The second-order valence-corrected chi connectivity index (χ2v) is 4.68. The van der Waals surface area contributed by atoms with Gasteiger partial charge in [-0.2, -0.15) is 0 Å². The molecule has 88 valence electrons. The van der Waals surface area contributed by atoms with Gasteiger partial charge in [0.05, 0.1) is 5.25 Å². The highest BCUT2D eigenvalue weighted by Gasteiger charge is 2.31. The van der Waals surface area contributed by atoms with Gasteiger partial charge in [0.15, 0.2) is 0 Å². The van der Waals surface area contributed by atoms with Gasteiger partial charge in [0, 0.05) is 17.5 Å². The zero-order chi connectivity index (χ0) is 12.4. The van der Waals surface area contributed by atoms with Crippen molar-refractivity contribution in [2.45, 2.75) is 16.6 Å². The molecule has 7 heteroatoms. The number of nitrogens with zero attached hydrogens (tertiary/aromatic N) is 1. The molecule has 1 aromatic rings. The van der Waals surface area contributed by atoms with E-state index in [0.717, 1.165) is 11.8 Å². The molecule has 0 spiro atoms. The number of carbonyl (C=O) groups excluding carboxylic acids is 2. The molecule has 1 aliphatic rings. The van der Waals surface area contributed by atoms with Crippen LogP contribution < -0.4 is 5.32 Å². The number of carboxylic acid groups (broad SMARTS) is 1. The van der Waals surface area contributed by atoms with Crippen molar-refractivity contribution in [1.29, 1.82) is 0 Å². The predicted molar refractivity (Wildman–Crippen MR) is 58.6 cm³/mol. The normalized spacial score (nSPS) is 19.2. The summed E-state index contributed by atoms with van der Waals surface area (Å²) in [6, 6.07) is 2.98. The molecule has 1 saturated heterocycles. The molecule has 17 heavy (non-hydrogen) atoms. The summed E-state index contributed by atoms with van der Waals surface area (Å²) in [5.74, 6) is -1.77. The highest BCUT2D eigenvalue weighted by molar-refractivity contribution is 8.00. The van der Waals surface area contributed by atoms with Crippen LogP contribution in [0.1, 0.15) is 16.9 Å². The van der Waals surface area contributed by atoms with Crippen LogP contribution in [0.5, 0.6) is 0 Å². The first-order chi connectivity index (χ1) is 8.06. The first-order valence-electron chi connectivity index (χ1n) is 4.76. The molecule has 0 aliphatic carbocycles. The Morgan fingerprint density at radius 3 is 2.88 bits per heavy atom. The highest BCUT2D eigenvalue weighted by atomic mass is 32.2. The van der Waals surface area contributed by atoms with E-state index in [2.05, 4.69) is 10.3 Å². The Bertz CT molecular complexity index is 503. The Labute approximate surface area is 100 Å². The zero-order valence-electron chi connectivity index (χ0n) is 8.54. The van der Waals surface area contributed by atoms with Gasteiger partial charge in [-0.05, 0) is 12.1 Å². The molecular weight excluding hydrogens is 244 g/mol. The third-order valence-electron chi connectivity index (χ3n) is 2.15. The van der Waals surface area contributed by atoms with E-state index < -0.39 is 11.2 Å². The first kappa shape index (κ1) is 11.6. The number of hydrogen-bond donors (Lipinski definition) is 2. The van der Waals surface area contributed by atoms with Gasteiger partial charge in [0.25, 0.3) is 0 Å². The largest absolute Gasteiger partial charge is 0.477 e. The Morgan fingerprint density at radius 1 is 1.53 bits per heavy atom. The summed E-state index contributed by atoms with van der Waals surface area (Å²) in [4.78, 5) is 37.3. The number of imide groups is 1. The molecular formula is C10H8N2O4S. The van der Waals surface area contributed by atoms with Crippen LogP contribution in [-0.4, -0.2) is 33.1 Å². The SMILES string of the molecule is O=C1CC(Sc2ccnc(C(=O)O)c2)C(=O)N1. The second kappa shape index (κ2) is 4.54. The van der Waals surface area contributed by atoms with Crippen molar-refractivity contribution in [1.82, 2.24) is 10.3 Å². The number of thioether (sulfide) groups is 1. The van der Waals surface area contributed by atoms with Crippen molar-refractivity contribution in [2.75, 3.05) is 0 Å². The van der Waals surface area contributed by atoms with Gasteiger partial charge in [0.2, 0.25) is 11.8 Å². The van der Waals surface area contributed by atoms with Crippen molar-refractivity contribution in [3.8, 4) is 0 Å². The smallest absolute Gasteiger partial charge is 0.354 e. The number of aromatic carboxylic acids is 1. The molecule has 2 heterocycles. The molecule has 2 N–H and O–H groups in total. The number of pyridine rings is 1. The summed E-state index contributed by atoms with van der Waals surface area (Å²) in [5.41, 5.74) is -0.0836. The lowest BCUT2D eigenvalue weighted by molar-refractivity contribution is -0.124. The molecule has 0 aromatic carbocycles. The molecule has 0 bridgehead atoms. The van der Waals surface area contributed by atoms with Crippen LogP contribution in [0.15, 0.2) is 23.2 Å². The maximum Gasteiger partial charge on any atom is 0.354 e. The Balaban J connectivity index is 2.13. The first-order valence-corrected chi connectivity index (χ1v) is 5.64. The summed E-state index contributed by atoms with van der Waals surface area (Å²) in [5, 5.41) is 10.5. The lowest BCUT2D eigenvalue weighted by Gasteiger charge is -2.05. The molecule has 0 saturated carbocycles. The summed E-state index contributed by atoms with van der Waals surface area (Å²) in [7, 11) is 0. The average Bonchev–Trinajstić information content (AvgIpc) is 2.58. The fourth-order valence-electron chi connectivity index (χ4n) is 1.39. The molecule has 2 rings (SSSR count). The van der Waals surface area contributed by atoms with Crippen molar-refractivity contribution < 1.29 is 19.5 Å². The number of amides is 2. The number of nitrogens with one attached hydrogen (secondary N) is 1. The van der Waals surface area contributed by atoms with Crippen LogP contribution in [0.25, 0.3) is 0 Å². The Hall–Kier alpha value is -1.89. The van der Waals surface area contributed by atoms with E-state index in [1.807, 2.05) is 0 Å². The third-order valence-corrected chi connectivity index (χ3v) is 3.35. The van der Waals surface area contributed by atoms with Gasteiger partial charge in [-0.1, -0.05) is 0 Å². The topological polar surface area (TPSA) is 96.4 Å². The molecule has 1 fully saturated rings. The number of hydrogen-bond acceptors (Lipinski definition) is 5. The van der Waals surface area contributed by atoms with Crippen LogP contribution in [-0.2, 0) is 9.59 Å². The van der Waals surface area contributed by atoms with Crippen molar-refractivity contribution in [3.05, 3.63) is 24.0 Å². The Morgan fingerprint density at radius 2 is 2.29 bits per heavy atom.